The summed E-state index contributed by atoms with van der Waals surface area (Å²) >= 11 is 0. The summed E-state index contributed by atoms with van der Waals surface area (Å²) in [5.74, 6) is 1.11. The Bertz CT molecular complexity index is 1270. The summed E-state index contributed by atoms with van der Waals surface area (Å²) in [5, 5.41) is 1.22. The van der Waals surface area contributed by atoms with E-state index in [1.54, 1.807) is 7.11 Å². The van der Waals surface area contributed by atoms with E-state index in [1.165, 1.54) is 22.0 Å². The van der Waals surface area contributed by atoms with Crippen molar-refractivity contribution in [3.63, 3.8) is 0 Å². The molecular weight excluding hydrogens is 422 g/mol. The molecule has 0 radical (unpaired) electrons. The second-order valence-electron chi connectivity index (χ2n) is 8.92. The van der Waals surface area contributed by atoms with Crippen molar-refractivity contribution in [2.45, 2.75) is 12.3 Å². The Balaban J connectivity index is 1.36. The Morgan fingerprint density at radius 1 is 0.882 bits per heavy atom. The Hall–Kier alpha value is -3.73. The molecule has 0 N–H and O–H groups in total. The number of rotatable bonds is 6. The van der Waals surface area contributed by atoms with Gasteiger partial charge in [-0.15, -0.1) is 0 Å². The topological polar surface area (TPSA) is 37.7 Å². The molecule has 0 saturated carbocycles. The first kappa shape index (κ1) is 22.1. The molecule has 1 unspecified atom stereocenters. The Kier molecular flexibility index (Phi) is 6.26. The first-order valence-electron chi connectivity index (χ1n) is 11.9. The highest BCUT2D eigenvalue weighted by Gasteiger charge is 2.27. The highest BCUT2D eigenvalue weighted by atomic mass is 16.5. The van der Waals surface area contributed by atoms with Crippen LogP contribution in [0.2, 0.25) is 0 Å². The summed E-state index contributed by atoms with van der Waals surface area (Å²) in [6.07, 6.45) is 2.65. The maximum atomic E-state index is 13.5. The fraction of sp³-hybridized carbons (Fsp3) is 0.276. The number of para-hydroxylation sites is 3. The minimum absolute atomic E-state index is 0.0204. The summed E-state index contributed by atoms with van der Waals surface area (Å²) < 4.78 is 7.70. The molecule has 1 aromatic heterocycles. The third kappa shape index (κ3) is 4.26. The van der Waals surface area contributed by atoms with Gasteiger partial charge in [-0.05, 0) is 29.3 Å². The lowest BCUT2D eigenvalue weighted by molar-refractivity contribution is -0.131. The molecule has 174 valence electrons. The first-order chi connectivity index (χ1) is 16.7. The predicted octanol–water partition coefficient (Wildman–Crippen LogP) is 5.06. The normalized spacial score (nSPS) is 14.9. The fourth-order valence-electron chi connectivity index (χ4n) is 5.13. The van der Waals surface area contributed by atoms with Crippen molar-refractivity contribution < 1.29 is 9.53 Å². The number of carbonyl (C=O) groups is 1. The highest BCUT2D eigenvalue weighted by molar-refractivity contribution is 5.86. The fourth-order valence-corrected chi connectivity index (χ4v) is 5.13. The molecule has 0 bridgehead atoms. The molecule has 1 fully saturated rings. The molecule has 1 saturated heterocycles. The van der Waals surface area contributed by atoms with Gasteiger partial charge in [-0.2, -0.15) is 0 Å². The molecule has 1 aliphatic heterocycles. The molecule has 1 atom stereocenters. The predicted molar refractivity (Wildman–Crippen MR) is 138 cm³/mol. The van der Waals surface area contributed by atoms with E-state index in [2.05, 4.69) is 77.3 Å². The van der Waals surface area contributed by atoms with Gasteiger partial charge in [0.05, 0.1) is 12.8 Å². The van der Waals surface area contributed by atoms with Gasteiger partial charge in [0.25, 0.3) is 0 Å². The van der Waals surface area contributed by atoms with Gasteiger partial charge in [-0.25, -0.2) is 0 Å². The molecule has 0 spiro atoms. The number of aryl methyl sites for hydroxylation is 1. The average molecular weight is 454 g/mol. The third-order valence-electron chi connectivity index (χ3n) is 6.94. The summed E-state index contributed by atoms with van der Waals surface area (Å²) in [6.45, 7) is 3.04. The number of hydrogen-bond acceptors (Lipinski definition) is 3. The van der Waals surface area contributed by atoms with Crippen LogP contribution in [0.15, 0.2) is 85.1 Å². The van der Waals surface area contributed by atoms with Crippen molar-refractivity contribution in [2.24, 2.45) is 7.05 Å². The van der Waals surface area contributed by atoms with Gasteiger partial charge >= 0.3 is 0 Å². The summed E-state index contributed by atoms with van der Waals surface area (Å²) in [6, 6.07) is 27.0. The van der Waals surface area contributed by atoms with Crippen molar-refractivity contribution in [2.75, 3.05) is 38.2 Å². The number of benzene rings is 3. The van der Waals surface area contributed by atoms with E-state index in [-0.39, 0.29) is 11.8 Å². The standard InChI is InChI=1S/C29H31N3O2/c1-30-21-25(23-12-6-7-13-26(23)30)24(22-10-4-3-5-11-22)20-29(33)32-18-16-31(17-19-32)27-14-8-9-15-28(27)34-2/h3-15,21,24H,16-20H2,1-2H3. The quantitative estimate of drug-likeness (QED) is 0.410. The number of anilines is 1. The lowest BCUT2D eigenvalue weighted by Gasteiger charge is -2.37. The number of piperazine rings is 1. The number of fused-ring (bicyclic) bond motifs is 1. The molecule has 1 aliphatic rings. The number of ether oxygens (including phenoxy) is 1. The van der Waals surface area contributed by atoms with Crippen LogP contribution in [-0.2, 0) is 11.8 Å². The lowest BCUT2D eigenvalue weighted by atomic mass is 9.87. The van der Waals surface area contributed by atoms with Crippen LogP contribution >= 0.6 is 0 Å². The van der Waals surface area contributed by atoms with E-state index in [0.29, 0.717) is 19.5 Å². The largest absolute Gasteiger partial charge is 0.495 e. The highest BCUT2D eigenvalue weighted by Crippen LogP contribution is 2.35. The van der Waals surface area contributed by atoms with Crippen molar-refractivity contribution in [1.29, 1.82) is 0 Å². The molecule has 3 aromatic carbocycles. The van der Waals surface area contributed by atoms with Crippen LogP contribution in [0.4, 0.5) is 5.69 Å². The van der Waals surface area contributed by atoms with E-state index in [9.17, 15) is 4.79 Å². The molecule has 4 aromatic rings. The second kappa shape index (κ2) is 9.64. The maximum absolute atomic E-state index is 13.5. The third-order valence-corrected chi connectivity index (χ3v) is 6.94. The van der Waals surface area contributed by atoms with Gasteiger partial charge in [0.2, 0.25) is 5.91 Å². The minimum Gasteiger partial charge on any atom is -0.495 e. The van der Waals surface area contributed by atoms with Crippen LogP contribution in [0.3, 0.4) is 0 Å². The van der Waals surface area contributed by atoms with Crippen molar-refractivity contribution in [1.82, 2.24) is 9.47 Å². The maximum Gasteiger partial charge on any atom is 0.223 e. The monoisotopic (exact) mass is 453 g/mol. The number of aromatic nitrogens is 1. The molecule has 34 heavy (non-hydrogen) atoms. The van der Waals surface area contributed by atoms with Crippen LogP contribution < -0.4 is 9.64 Å². The van der Waals surface area contributed by atoms with E-state index in [1.807, 2.05) is 29.2 Å². The Morgan fingerprint density at radius 2 is 1.56 bits per heavy atom. The van der Waals surface area contributed by atoms with E-state index < -0.39 is 0 Å². The average Bonchev–Trinajstić information content (AvgIpc) is 3.24. The van der Waals surface area contributed by atoms with E-state index >= 15 is 0 Å². The lowest BCUT2D eigenvalue weighted by Crippen LogP contribution is -2.49. The zero-order valence-electron chi connectivity index (χ0n) is 19.9. The van der Waals surface area contributed by atoms with Crippen molar-refractivity contribution in [3.05, 3.63) is 96.2 Å². The molecule has 0 aliphatic carbocycles. The summed E-state index contributed by atoms with van der Waals surface area (Å²) in [5.41, 5.74) is 4.68. The van der Waals surface area contributed by atoms with Gasteiger partial charge in [-0.3, -0.25) is 4.79 Å². The van der Waals surface area contributed by atoms with Gasteiger partial charge in [0.1, 0.15) is 5.75 Å². The van der Waals surface area contributed by atoms with E-state index in [4.69, 9.17) is 4.74 Å². The minimum atomic E-state index is 0.0204. The summed E-state index contributed by atoms with van der Waals surface area (Å²) in [7, 11) is 3.78. The van der Waals surface area contributed by atoms with Gasteiger partial charge in [0.15, 0.2) is 0 Å². The van der Waals surface area contributed by atoms with Gasteiger partial charge in [0, 0.05) is 62.7 Å². The molecular formula is C29H31N3O2. The molecule has 5 rings (SSSR count). The van der Waals surface area contributed by atoms with Crippen LogP contribution in [0.1, 0.15) is 23.5 Å². The number of hydrogen-bond donors (Lipinski definition) is 0. The zero-order valence-corrected chi connectivity index (χ0v) is 19.9. The molecule has 2 heterocycles. The Morgan fingerprint density at radius 3 is 2.32 bits per heavy atom. The first-order valence-corrected chi connectivity index (χ1v) is 11.9. The number of methoxy groups -OCH3 is 1. The van der Waals surface area contributed by atoms with Crippen LogP contribution in [0.25, 0.3) is 10.9 Å². The van der Waals surface area contributed by atoms with Gasteiger partial charge < -0.3 is 19.1 Å². The summed E-state index contributed by atoms with van der Waals surface area (Å²) in [4.78, 5) is 17.9. The molecule has 1 amide bonds. The van der Waals surface area contributed by atoms with Crippen LogP contribution in [0.5, 0.6) is 5.75 Å². The van der Waals surface area contributed by atoms with Crippen LogP contribution in [-0.4, -0.2) is 48.7 Å². The Labute approximate surface area is 201 Å². The zero-order chi connectivity index (χ0) is 23.5. The molecule has 5 heteroatoms. The molecule has 5 nitrogen and oxygen atoms in total. The SMILES string of the molecule is COc1ccccc1N1CCN(C(=O)CC(c2ccccc2)c2cn(C)c3ccccc23)CC1. The van der Waals surface area contributed by atoms with Crippen molar-refractivity contribution >= 4 is 22.5 Å². The van der Waals surface area contributed by atoms with E-state index in [0.717, 1.165) is 24.5 Å². The van der Waals surface area contributed by atoms with Crippen LogP contribution in [0, 0.1) is 0 Å². The number of amides is 1. The second-order valence-corrected chi connectivity index (χ2v) is 8.92. The number of nitrogens with zero attached hydrogens (tertiary/aromatic N) is 3. The van der Waals surface area contributed by atoms with Crippen molar-refractivity contribution in [3.8, 4) is 5.75 Å². The van der Waals surface area contributed by atoms with Gasteiger partial charge in [-0.1, -0.05) is 60.7 Å². The smallest absolute Gasteiger partial charge is 0.223 e. The number of carbonyl (C=O) groups excluding carboxylic acids is 1.